The van der Waals surface area contributed by atoms with Crippen molar-refractivity contribution in [3.63, 3.8) is 0 Å². The van der Waals surface area contributed by atoms with Gasteiger partial charge in [0, 0.05) is 6.42 Å². The molecule has 0 spiro atoms. The van der Waals surface area contributed by atoms with E-state index in [4.69, 9.17) is 4.74 Å². The minimum absolute atomic E-state index is 0.724. The first kappa shape index (κ1) is 7.15. The quantitative estimate of drug-likeness (QED) is 0.711. The van der Waals surface area contributed by atoms with Crippen molar-refractivity contribution >= 4 is 5.65 Å². The van der Waals surface area contributed by atoms with Crippen LogP contribution < -0.4 is 4.74 Å². The second-order valence-corrected chi connectivity index (χ2v) is 2.48. The molecule has 64 valence electrons. The lowest BCUT2D eigenvalue weighted by Crippen LogP contribution is -1.87. The number of aromatic amines is 1. The van der Waals surface area contributed by atoms with Gasteiger partial charge in [0.1, 0.15) is 5.82 Å². The van der Waals surface area contributed by atoms with Crippen LogP contribution in [0.5, 0.6) is 5.75 Å². The Morgan fingerprint density at radius 2 is 2.50 bits per heavy atom. The number of H-pyrrole nitrogens is 1. The third-order valence-electron chi connectivity index (χ3n) is 1.75. The number of aryl methyl sites for hydroxylation is 1. The molecule has 2 aromatic heterocycles. The summed E-state index contributed by atoms with van der Waals surface area (Å²) in [6.45, 7) is 2.03. The van der Waals surface area contributed by atoms with Crippen LogP contribution in [0.1, 0.15) is 12.7 Å². The Morgan fingerprint density at radius 3 is 3.17 bits per heavy atom. The molecule has 0 aliphatic heterocycles. The lowest BCUT2D eigenvalue weighted by molar-refractivity contribution is 0.418. The Morgan fingerprint density at radius 1 is 1.67 bits per heavy atom. The van der Waals surface area contributed by atoms with Crippen LogP contribution in [0.3, 0.4) is 0 Å². The predicted octanol–water partition coefficient (Wildman–Crippen LogP) is 0.628. The molecular formula is C7H10N4O. The number of ether oxygens (including phenoxy) is 1. The minimum atomic E-state index is 0.724. The number of hydrogen-bond acceptors (Lipinski definition) is 3. The molecule has 2 rings (SSSR count). The zero-order valence-electron chi connectivity index (χ0n) is 7.03. The summed E-state index contributed by atoms with van der Waals surface area (Å²) in [6, 6.07) is 0. The molecule has 0 aliphatic rings. The summed E-state index contributed by atoms with van der Waals surface area (Å²) < 4.78 is 6.61. The van der Waals surface area contributed by atoms with Crippen LogP contribution in [0.25, 0.3) is 5.65 Å². The summed E-state index contributed by atoms with van der Waals surface area (Å²) in [5.41, 5.74) is 0.814. The number of rotatable bonds is 2. The molecule has 5 heteroatoms. The lowest BCUT2D eigenvalue weighted by Gasteiger charge is -1.89. The fourth-order valence-electron chi connectivity index (χ4n) is 1.10. The van der Waals surface area contributed by atoms with Crippen LogP contribution in [-0.2, 0) is 6.42 Å². The Bertz CT molecular complexity index is 389. The molecule has 5 nitrogen and oxygen atoms in total. The van der Waals surface area contributed by atoms with Crippen molar-refractivity contribution in [1.82, 2.24) is 19.8 Å². The zero-order valence-corrected chi connectivity index (χ0v) is 7.03. The first-order valence-electron chi connectivity index (χ1n) is 3.82. The van der Waals surface area contributed by atoms with Gasteiger partial charge in [-0.25, -0.2) is 0 Å². The number of fused-ring (bicyclic) bond motifs is 1. The molecular weight excluding hydrogens is 156 g/mol. The van der Waals surface area contributed by atoms with Gasteiger partial charge in [-0.05, 0) is 0 Å². The number of methoxy groups -OCH3 is 1. The molecule has 12 heavy (non-hydrogen) atoms. The number of nitrogens with zero attached hydrogens (tertiary/aromatic N) is 3. The van der Waals surface area contributed by atoms with Crippen LogP contribution in [0.15, 0.2) is 6.20 Å². The van der Waals surface area contributed by atoms with Gasteiger partial charge in [-0.3, -0.25) is 0 Å². The average Bonchev–Trinajstić information content (AvgIpc) is 2.61. The van der Waals surface area contributed by atoms with E-state index in [0.29, 0.717) is 0 Å². The normalized spacial score (nSPS) is 10.8. The highest BCUT2D eigenvalue weighted by molar-refractivity contribution is 5.51. The van der Waals surface area contributed by atoms with Gasteiger partial charge >= 0.3 is 0 Å². The van der Waals surface area contributed by atoms with E-state index in [0.717, 1.165) is 23.6 Å². The van der Waals surface area contributed by atoms with Gasteiger partial charge in [-0.1, -0.05) is 6.92 Å². The van der Waals surface area contributed by atoms with Crippen LogP contribution in [0.2, 0.25) is 0 Å². The van der Waals surface area contributed by atoms with Gasteiger partial charge < -0.3 is 9.72 Å². The van der Waals surface area contributed by atoms with Crippen molar-refractivity contribution in [1.29, 1.82) is 0 Å². The van der Waals surface area contributed by atoms with Crippen LogP contribution in [-0.4, -0.2) is 26.9 Å². The maximum atomic E-state index is 5.07. The number of hydrogen-bond donors (Lipinski definition) is 1. The molecule has 0 saturated carbocycles. The average molecular weight is 166 g/mol. The van der Waals surface area contributed by atoms with Gasteiger partial charge in [0.2, 0.25) is 0 Å². The summed E-state index contributed by atoms with van der Waals surface area (Å²) in [7, 11) is 1.61. The number of nitrogens with one attached hydrogen (secondary N) is 1. The summed E-state index contributed by atoms with van der Waals surface area (Å²) in [5, 5.41) is 8.18. The van der Waals surface area contributed by atoms with Crippen LogP contribution in [0.4, 0.5) is 0 Å². The Balaban J connectivity index is 2.60. The summed E-state index contributed by atoms with van der Waals surface area (Å²) in [4.78, 5) is 3.11. The predicted molar refractivity (Wildman–Crippen MR) is 43.3 cm³/mol. The van der Waals surface area contributed by atoms with Crippen molar-refractivity contribution in [3.05, 3.63) is 12.0 Å². The largest absolute Gasteiger partial charge is 0.491 e. The second kappa shape index (κ2) is 2.51. The fourth-order valence-corrected chi connectivity index (χ4v) is 1.10. The molecule has 0 bridgehead atoms. The van der Waals surface area contributed by atoms with Crippen molar-refractivity contribution in [2.45, 2.75) is 13.3 Å². The Kier molecular flexibility index (Phi) is 1.49. The standard InChI is InChI=1S/C7H10N4O/c1-3-6-9-7-5(12-2)4-8-11(7)10-6/h4H,3H2,1-2H3,(H,9,10). The van der Waals surface area contributed by atoms with E-state index >= 15 is 0 Å². The van der Waals surface area contributed by atoms with Crippen LogP contribution >= 0.6 is 0 Å². The molecule has 1 N–H and O–H groups in total. The molecule has 0 amide bonds. The van der Waals surface area contributed by atoms with E-state index in [1.807, 2.05) is 6.92 Å². The second-order valence-electron chi connectivity index (χ2n) is 2.48. The first-order valence-corrected chi connectivity index (χ1v) is 3.82. The van der Waals surface area contributed by atoms with E-state index in [9.17, 15) is 0 Å². The van der Waals surface area contributed by atoms with E-state index < -0.39 is 0 Å². The SMILES string of the molecule is CCc1nn2ncc(OC)c2[nH]1. The molecule has 0 fully saturated rings. The summed E-state index contributed by atoms with van der Waals surface area (Å²) in [6.07, 6.45) is 2.50. The maximum Gasteiger partial charge on any atom is 0.198 e. The smallest absolute Gasteiger partial charge is 0.198 e. The van der Waals surface area contributed by atoms with E-state index in [1.54, 1.807) is 13.3 Å². The monoisotopic (exact) mass is 166 g/mol. The van der Waals surface area contributed by atoms with Gasteiger partial charge in [0.05, 0.1) is 13.3 Å². The topological polar surface area (TPSA) is 55.2 Å². The third-order valence-corrected chi connectivity index (χ3v) is 1.75. The van der Waals surface area contributed by atoms with Crippen molar-refractivity contribution in [3.8, 4) is 5.75 Å². The number of aromatic nitrogens is 4. The maximum absolute atomic E-state index is 5.07. The van der Waals surface area contributed by atoms with Gasteiger partial charge in [0.15, 0.2) is 11.4 Å². The zero-order chi connectivity index (χ0) is 8.55. The van der Waals surface area contributed by atoms with Gasteiger partial charge in [0.25, 0.3) is 0 Å². The molecule has 0 radical (unpaired) electrons. The summed E-state index contributed by atoms with van der Waals surface area (Å²) in [5.74, 6) is 1.64. The molecule has 2 aromatic rings. The highest BCUT2D eigenvalue weighted by atomic mass is 16.5. The summed E-state index contributed by atoms with van der Waals surface area (Å²) >= 11 is 0. The third kappa shape index (κ3) is 0.861. The molecule has 2 heterocycles. The lowest BCUT2D eigenvalue weighted by atomic mass is 10.5. The Labute approximate surface area is 69.3 Å². The molecule has 0 atom stereocenters. The van der Waals surface area contributed by atoms with E-state index in [1.165, 1.54) is 4.63 Å². The Hall–Kier alpha value is -1.52. The van der Waals surface area contributed by atoms with Gasteiger partial charge in [-0.15, -0.1) is 9.73 Å². The minimum Gasteiger partial charge on any atom is -0.491 e. The first-order chi connectivity index (χ1) is 5.85. The molecule has 0 unspecified atom stereocenters. The van der Waals surface area contributed by atoms with Crippen molar-refractivity contribution in [2.75, 3.05) is 7.11 Å². The van der Waals surface area contributed by atoms with Crippen molar-refractivity contribution in [2.24, 2.45) is 0 Å². The molecule has 0 aromatic carbocycles. The van der Waals surface area contributed by atoms with E-state index in [2.05, 4.69) is 15.2 Å². The molecule has 0 saturated heterocycles. The fraction of sp³-hybridized carbons (Fsp3) is 0.429. The van der Waals surface area contributed by atoms with Crippen LogP contribution in [0, 0.1) is 0 Å². The molecule has 0 aliphatic carbocycles. The van der Waals surface area contributed by atoms with Gasteiger partial charge in [-0.2, -0.15) is 5.10 Å². The highest BCUT2D eigenvalue weighted by Crippen LogP contribution is 2.15. The van der Waals surface area contributed by atoms with Crippen molar-refractivity contribution < 1.29 is 4.74 Å². The van der Waals surface area contributed by atoms with E-state index in [-0.39, 0.29) is 0 Å². The highest BCUT2D eigenvalue weighted by Gasteiger charge is 2.07.